The summed E-state index contributed by atoms with van der Waals surface area (Å²) in [5, 5.41) is 16.9. The molecular formula is C14H24N2O4S. The van der Waals surface area contributed by atoms with E-state index in [1.54, 1.807) is 6.92 Å². The molecule has 0 saturated carbocycles. The van der Waals surface area contributed by atoms with Crippen LogP contribution in [0.3, 0.4) is 0 Å². The molecule has 0 aromatic heterocycles. The molecule has 0 aliphatic rings. The van der Waals surface area contributed by atoms with Gasteiger partial charge in [0.2, 0.25) is 10.0 Å². The molecule has 0 radical (unpaired) electrons. The van der Waals surface area contributed by atoms with Crippen molar-refractivity contribution in [1.29, 1.82) is 0 Å². The van der Waals surface area contributed by atoms with Gasteiger partial charge in [-0.05, 0) is 36.7 Å². The van der Waals surface area contributed by atoms with Crippen molar-refractivity contribution in [3.05, 3.63) is 29.3 Å². The topological polar surface area (TPSA) is 109 Å². The van der Waals surface area contributed by atoms with Crippen LogP contribution in [0, 0.1) is 0 Å². The summed E-state index contributed by atoms with van der Waals surface area (Å²) in [5.74, 6) is -1.08. The SMILES string of the molecule is CCNC(C)C.CCc1cc(S(N)(=O)=O)ccc1C(=O)O. The van der Waals surface area contributed by atoms with E-state index in [9.17, 15) is 13.2 Å². The summed E-state index contributed by atoms with van der Waals surface area (Å²) in [6.07, 6.45) is 0.436. The average Bonchev–Trinajstić information content (AvgIpc) is 2.37. The quantitative estimate of drug-likeness (QED) is 0.764. The predicted molar refractivity (Wildman–Crippen MR) is 83.0 cm³/mol. The smallest absolute Gasteiger partial charge is 0.335 e. The lowest BCUT2D eigenvalue weighted by Crippen LogP contribution is -2.21. The lowest BCUT2D eigenvalue weighted by Gasteiger charge is -2.05. The fourth-order valence-corrected chi connectivity index (χ4v) is 2.22. The summed E-state index contributed by atoms with van der Waals surface area (Å²) in [7, 11) is -3.77. The minimum Gasteiger partial charge on any atom is -0.478 e. The lowest BCUT2D eigenvalue weighted by molar-refractivity contribution is 0.0695. The van der Waals surface area contributed by atoms with Gasteiger partial charge < -0.3 is 10.4 Å². The van der Waals surface area contributed by atoms with Gasteiger partial charge >= 0.3 is 5.97 Å². The second kappa shape index (κ2) is 8.76. The third-order valence-electron chi connectivity index (χ3n) is 2.63. The third kappa shape index (κ3) is 7.22. The first-order valence-corrected chi connectivity index (χ1v) is 8.30. The Morgan fingerprint density at radius 3 is 2.19 bits per heavy atom. The molecule has 0 fully saturated rings. The Bertz CT molecular complexity index is 568. The van der Waals surface area contributed by atoms with Crippen molar-refractivity contribution in [3.63, 3.8) is 0 Å². The summed E-state index contributed by atoms with van der Waals surface area (Å²) in [6.45, 7) is 9.22. The van der Waals surface area contributed by atoms with Gasteiger partial charge in [0.1, 0.15) is 0 Å². The van der Waals surface area contributed by atoms with E-state index in [4.69, 9.17) is 10.2 Å². The minimum atomic E-state index is -3.77. The van der Waals surface area contributed by atoms with Gasteiger partial charge in [0.05, 0.1) is 10.5 Å². The molecule has 0 atom stereocenters. The number of carboxylic acids is 1. The van der Waals surface area contributed by atoms with Crippen LogP contribution in [-0.4, -0.2) is 32.1 Å². The number of primary sulfonamides is 1. The van der Waals surface area contributed by atoms with E-state index >= 15 is 0 Å². The van der Waals surface area contributed by atoms with Crippen LogP contribution in [-0.2, 0) is 16.4 Å². The second-order valence-electron chi connectivity index (χ2n) is 4.74. The van der Waals surface area contributed by atoms with E-state index in [1.165, 1.54) is 18.2 Å². The summed E-state index contributed by atoms with van der Waals surface area (Å²) in [6, 6.07) is 4.38. The number of nitrogens with one attached hydrogen (secondary N) is 1. The first-order valence-electron chi connectivity index (χ1n) is 6.75. The van der Waals surface area contributed by atoms with Crippen molar-refractivity contribution in [2.75, 3.05) is 6.54 Å². The van der Waals surface area contributed by atoms with Gasteiger partial charge in [0.25, 0.3) is 0 Å². The molecule has 4 N–H and O–H groups in total. The van der Waals surface area contributed by atoms with Crippen molar-refractivity contribution < 1.29 is 18.3 Å². The number of aromatic carboxylic acids is 1. The van der Waals surface area contributed by atoms with E-state index in [1.807, 2.05) is 0 Å². The molecule has 21 heavy (non-hydrogen) atoms. The van der Waals surface area contributed by atoms with Crippen molar-refractivity contribution >= 4 is 16.0 Å². The number of carbonyl (C=O) groups is 1. The van der Waals surface area contributed by atoms with Crippen molar-refractivity contribution in [2.45, 2.75) is 45.1 Å². The largest absolute Gasteiger partial charge is 0.478 e. The Hall–Kier alpha value is -1.44. The summed E-state index contributed by atoms with van der Waals surface area (Å²) >= 11 is 0. The molecule has 0 unspecified atom stereocenters. The van der Waals surface area contributed by atoms with Crippen LogP contribution >= 0.6 is 0 Å². The molecule has 0 aliphatic carbocycles. The number of hydrogen-bond acceptors (Lipinski definition) is 4. The van der Waals surface area contributed by atoms with Gasteiger partial charge in [-0.15, -0.1) is 0 Å². The molecule has 1 rings (SSSR count). The van der Waals surface area contributed by atoms with Crippen molar-refractivity contribution in [3.8, 4) is 0 Å². The zero-order chi connectivity index (χ0) is 16.6. The number of aryl methyl sites for hydroxylation is 1. The summed E-state index contributed by atoms with van der Waals surface area (Å²) in [5.41, 5.74) is 0.555. The highest BCUT2D eigenvalue weighted by molar-refractivity contribution is 7.89. The Kier molecular flexibility index (Phi) is 8.16. The predicted octanol–water partition coefficient (Wildman–Crippen LogP) is 1.60. The monoisotopic (exact) mass is 316 g/mol. The maximum Gasteiger partial charge on any atom is 0.335 e. The van der Waals surface area contributed by atoms with Crippen LogP contribution < -0.4 is 10.5 Å². The maximum atomic E-state index is 11.0. The van der Waals surface area contributed by atoms with Crippen molar-refractivity contribution in [1.82, 2.24) is 5.32 Å². The van der Waals surface area contributed by atoms with E-state index < -0.39 is 16.0 Å². The van der Waals surface area contributed by atoms with E-state index in [-0.39, 0.29) is 10.5 Å². The molecule has 7 heteroatoms. The Balaban J connectivity index is 0.000000567. The Labute approximate surface area is 126 Å². The number of benzene rings is 1. The number of hydrogen-bond donors (Lipinski definition) is 3. The second-order valence-corrected chi connectivity index (χ2v) is 6.30. The molecule has 1 aromatic carbocycles. The first kappa shape index (κ1) is 19.6. The fourth-order valence-electron chi connectivity index (χ4n) is 1.66. The van der Waals surface area contributed by atoms with Crippen LogP contribution in [0.2, 0.25) is 0 Å². The normalized spacial score (nSPS) is 11.0. The molecule has 1 aromatic rings. The lowest BCUT2D eigenvalue weighted by atomic mass is 10.1. The van der Waals surface area contributed by atoms with Crippen molar-refractivity contribution in [2.24, 2.45) is 5.14 Å². The molecule has 0 spiro atoms. The van der Waals surface area contributed by atoms with E-state index in [0.717, 1.165) is 6.54 Å². The number of rotatable bonds is 5. The standard InChI is InChI=1S/C9H11NO4S.C5H13N/c1-2-6-5-7(15(10,13)14)3-4-8(6)9(11)12;1-4-6-5(2)3/h3-5H,2H2,1H3,(H,11,12)(H2,10,13,14);5-6H,4H2,1-3H3. The van der Waals surface area contributed by atoms with Gasteiger partial charge in [-0.2, -0.15) is 0 Å². The van der Waals surface area contributed by atoms with E-state index in [2.05, 4.69) is 26.1 Å². The van der Waals surface area contributed by atoms with E-state index in [0.29, 0.717) is 18.0 Å². The molecule has 0 saturated heterocycles. The van der Waals surface area contributed by atoms with Crippen LogP contribution in [0.25, 0.3) is 0 Å². The highest BCUT2D eigenvalue weighted by atomic mass is 32.2. The average molecular weight is 316 g/mol. The van der Waals surface area contributed by atoms with Crippen LogP contribution in [0.15, 0.2) is 23.1 Å². The zero-order valence-electron chi connectivity index (χ0n) is 12.9. The summed E-state index contributed by atoms with van der Waals surface area (Å²) in [4.78, 5) is 10.7. The Morgan fingerprint density at radius 1 is 1.33 bits per heavy atom. The molecule has 0 heterocycles. The summed E-state index contributed by atoms with van der Waals surface area (Å²) < 4.78 is 22.0. The highest BCUT2D eigenvalue weighted by Crippen LogP contribution is 2.15. The third-order valence-corrected chi connectivity index (χ3v) is 3.54. The fraction of sp³-hybridized carbons (Fsp3) is 0.500. The van der Waals surface area contributed by atoms with Gasteiger partial charge in [-0.1, -0.05) is 27.7 Å². The molecular weight excluding hydrogens is 292 g/mol. The van der Waals surface area contributed by atoms with Crippen LogP contribution in [0.1, 0.15) is 43.6 Å². The van der Waals surface area contributed by atoms with Crippen LogP contribution in [0.4, 0.5) is 0 Å². The van der Waals surface area contributed by atoms with Gasteiger partial charge in [0.15, 0.2) is 0 Å². The van der Waals surface area contributed by atoms with Gasteiger partial charge in [-0.3, -0.25) is 0 Å². The number of nitrogens with two attached hydrogens (primary N) is 1. The Morgan fingerprint density at radius 2 is 1.90 bits per heavy atom. The minimum absolute atomic E-state index is 0.0654. The molecule has 0 amide bonds. The maximum absolute atomic E-state index is 11.0. The number of sulfonamides is 1. The molecule has 0 bridgehead atoms. The van der Waals surface area contributed by atoms with Gasteiger partial charge in [0, 0.05) is 6.04 Å². The first-order chi connectivity index (χ1) is 9.63. The molecule has 6 nitrogen and oxygen atoms in total. The van der Waals surface area contributed by atoms with Crippen LogP contribution in [0.5, 0.6) is 0 Å². The molecule has 0 aliphatic heterocycles. The highest BCUT2D eigenvalue weighted by Gasteiger charge is 2.13. The number of carboxylic acid groups (broad SMARTS) is 1. The van der Waals surface area contributed by atoms with Gasteiger partial charge in [-0.25, -0.2) is 18.4 Å². The zero-order valence-corrected chi connectivity index (χ0v) is 13.7. The molecule has 120 valence electrons.